The smallest absolute Gasteiger partial charge is 0.356 e. The lowest BCUT2D eigenvalue weighted by molar-refractivity contribution is 0.0594. The Labute approximate surface area is 95.8 Å². The Hall–Kier alpha value is -1.68. The summed E-state index contributed by atoms with van der Waals surface area (Å²) in [5.41, 5.74) is 0.0560. The van der Waals surface area contributed by atoms with E-state index in [2.05, 4.69) is 9.72 Å². The van der Waals surface area contributed by atoms with Crippen LogP contribution in [-0.4, -0.2) is 18.1 Å². The van der Waals surface area contributed by atoms with E-state index < -0.39 is 11.8 Å². The molecule has 0 radical (unpaired) electrons. The van der Waals surface area contributed by atoms with Crippen molar-refractivity contribution in [2.45, 2.75) is 0 Å². The van der Waals surface area contributed by atoms with Gasteiger partial charge in [-0.1, -0.05) is 23.7 Å². The summed E-state index contributed by atoms with van der Waals surface area (Å²) in [5, 5.41) is 0.735. The summed E-state index contributed by atoms with van der Waals surface area (Å²) >= 11 is 5.92. The molecule has 1 aromatic heterocycles. The zero-order chi connectivity index (χ0) is 11.7. The van der Waals surface area contributed by atoms with Crippen LogP contribution in [0.3, 0.4) is 0 Å². The molecular weight excluding hydrogens is 233 g/mol. The number of rotatable bonds is 1. The SMILES string of the molecule is COC(=O)c1cc(Cl)c2cccc(F)c2n1. The number of hydrogen-bond donors (Lipinski definition) is 0. The molecule has 0 amide bonds. The molecule has 0 N–H and O–H groups in total. The van der Waals surface area contributed by atoms with Crippen LogP contribution >= 0.6 is 11.6 Å². The lowest BCUT2D eigenvalue weighted by Crippen LogP contribution is -2.04. The fourth-order valence-corrected chi connectivity index (χ4v) is 1.64. The average molecular weight is 240 g/mol. The number of para-hydroxylation sites is 1. The highest BCUT2D eigenvalue weighted by Gasteiger charge is 2.13. The number of methoxy groups -OCH3 is 1. The van der Waals surface area contributed by atoms with Crippen LogP contribution in [0, 0.1) is 5.82 Å². The minimum atomic E-state index is -0.646. The van der Waals surface area contributed by atoms with E-state index in [-0.39, 0.29) is 16.2 Å². The molecule has 0 aliphatic rings. The summed E-state index contributed by atoms with van der Waals surface area (Å²) in [4.78, 5) is 15.1. The van der Waals surface area contributed by atoms with Gasteiger partial charge in [0, 0.05) is 5.39 Å². The third-order valence-electron chi connectivity index (χ3n) is 2.13. The van der Waals surface area contributed by atoms with Gasteiger partial charge in [-0.3, -0.25) is 0 Å². The number of nitrogens with zero attached hydrogens (tertiary/aromatic N) is 1. The van der Waals surface area contributed by atoms with Gasteiger partial charge >= 0.3 is 5.97 Å². The molecule has 82 valence electrons. The number of esters is 1. The zero-order valence-electron chi connectivity index (χ0n) is 8.33. The number of ether oxygens (including phenoxy) is 1. The van der Waals surface area contributed by atoms with Crippen molar-refractivity contribution in [3.05, 3.63) is 40.8 Å². The van der Waals surface area contributed by atoms with Crippen LogP contribution in [0.4, 0.5) is 4.39 Å². The second-order valence-electron chi connectivity index (χ2n) is 3.12. The van der Waals surface area contributed by atoms with E-state index in [1.807, 2.05) is 0 Å². The monoisotopic (exact) mass is 239 g/mol. The number of fused-ring (bicyclic) bond motifs is 1. The van der Waals surface area contributed by atoms with Crippen molar-refractivity contribution < 1.29 is 13.9 Å². The molecule has 1 heterocycles. The summed E-state index contributed by atoms with van der Waals surface area (Å²) in [6, 6.07) is 5.78. The van der Waals surface area contributed by atoms with Crippen LogP contribution in [0.5, 0.6) is 0 Å². The van der Waals surface area contributed by atoms with Crippen molar-refractivity contribution in [3.8, 4) is 0 Å². The first-order chi connectivity index (χ1) is 7.63. The van der Waals surface area contributed by atoms with Crippen LogP contribution < -0.4 is 0 Å². The largest absolute Gasteiger partial charge is 0.464 e. The number of benzene rings is 1. The average Bonchev–Trinajstić information content (AvgIpc) is 2.29. The van der Waals surface area contributed by atoms with Crippen molar-refractivity contribution in [2.24, 2.45) is 0 Å². The minimum Gasteiger partial charge on any atom is -0.464 e. The molecule has 16 heavy (non-hydrogen) atoms. The zero-order valence-corrected chi connectivity index (χ0v) is 9.08. The standard InChI is InChI=1S/C11H7ClFNO2/c1-16-11(15)9-5-7(12)6-3-2-4-8(13)10(6)14-9/h2-5H,1H3. The van der Waals surface area contributed by atoms with Gasteiger partial charge in [-0.15, -0.1) is 0 Å². The molecule has 2 aromatic rings. The quantitative estimate of drug-likeness (QED) is 0.719. The number of aromatic nitrogens is 1. The van der Waals surface area contributed by atoms with Crippen molar-refractivity contribution >= 4 is 28.5 Å². The Bertz CT molecular complexity index is 571. The molecule has 0 saturated carbocycles. The van der Waals surface area contributed by atoms with Gasteiger partial charge < -0.3 is 4.74 Å². The molecule has 5 heteroatoms. The molecule has 0 aliphatic carbocycles. The first kappa shape index (κ1) is 10.8. The summed E-state index contributed by atoms with van der Waals surface area (Å²) in [6.45, 7) is 0. The fourth-order valence-electron chi connectivity index (χ4n) is 1.38. The summed E-state index contributed by atoms with van der Waals surface area (Å²) in [5.74, 6) is -1.17. The van der Waals surface area contributed by atoms with Crippen LogP contribution in [0.25, 0.3) is 10.9 Å². The van der Waals surface area contributed by atoms with E-state index in [0.29, 0.717) is 5.39 Å². The Morgan fingerprint density at radius 1 is 1.50 bits per heavy atom. The van der Waals surface area contributed by atoms with E-state index in [0.717, 1.165) is 0 Å². The van der Waals surface area contributed by atoms with Crippen molar-refractivity contribution in [1.82, 2.24) is 4.98 Å². The predicted molar refractivity (Wildman–Crippen MR) is 58.1 cm³/mol. The molecule has 0 unspecified atom stereocenters. The summed E-state index contributed by atoms with van der Waals surface area (Å²) < 4.78 is 17.9. The Kier molecular flexibility index (Phi) is 2.75. The molecule has 1 aromatic carbocycles. The van der Waals surface area contributed by atoms with Crippen LogP contribution in [-0.2, 0) is 4.74 Å². The van der Waals surface area contributed by atoms with Gasteiger partial charge in [-0.2, -0.15) is 0 Å². The van der Waals surface area contributed by atoms with Crippen LogP contribution in [0.2, 0.25) is 5.02 Å². The molecule has 0 saturated heterocycles. The van der Waals surface area contributed by atoms with Crippen LogP contribution in [0.1, 0.15) is 10.5 Å². The second-order valence-corrected chi connectivity index (χ2v) is 3.52. The maximum atomic E-state index is 13.4. The van der Waals surface area contributed by atoms with Crippen molar-refractivity contribution in [2.75, 3.05) is 7.11 Å². The number of carbonyl (C=O) groups is 1. The normalized spacial score (nSPS) is 10.4. The highest BCUT2D eigenvalue weighted by Crippen LogP contribution is 2.25. The lowest BCUT2D eigenvalue weighted by Gasteiger charge is -2.04. The molecule has 0 spiro atoms. The van der Waals surface area contributed by atoms with Gasteiger partial charge in [0.05, 0.1) is 12.1 Å². The van der Waals surface area contributed by atoms with E-state index in [4.69, 9.17) is 11.6 Å². The maximum absolute atomic E-state index is 13.4. The van der Waals surface area contributed by atoms with Gasteiger partial charge in [-0.05, 0) is 12.1 Å². The molecule has 0 atom stereocenters. The molecule has 0 aliphatic heterocycles. The predicted octanol–water partition coefficient (Wildman–Crippen LogP) is 2.81. The molecule has 0 fully saturated rings. The number of halogens is 2. The van der Waals surface area contributed by atoms with Gasteiger partial charge in [0.15, 0.2) is 5.69 Å². The van der Waals surface area contributed by atoms with E-state index in [9.17, 15) is 9.18 Å². The van der Waals surface area contributed by atoms with Crippen molar-refractivity contribution in [3.63, 3.8) is 0 Å². The van der Waals surface area contributed by atoms with Gasteiger partial charge in [0.2, 0.25) is 0 Å². The summed E-state index contributed by atoms with van der Waals surface area (Å²) in [7, 11) is 1.23. The Balaban J connectivity index is 2.75. The third kappa shape index (κ3) is 1.72. The van der Waals surface area contributed by atoms with E-state index in [1.165, 1.54) is 25.3 Å². The number of pyridine rings is 1. The second kappa shape index (κ2) is 4.06. The highest BCUT2D eigenvalue weighted by molar-refractivity contribution is 6.35. The Morgan fingerprint density at radius 2 is 2.25 bits per heavy atom. The number of carbonyl (C=O) groups excluding carboxylic acids is 1. The lowest BCUT2D eigenvalue weighted by atomic mass is 10.2. The molecule has 2 rings (SSSR count). The van der Waals surface area contributed by atoms with Gasteiger partial charge in [0.1, 0.15) is 11.3 Å². The van der Waals surface area contributed by atoms with E-state index in [1.54, 1.807) is 6.07 Å². The first-order valence-electron chi connectivity index (χ1n) is 4.46. The highest BCUT2D eigenvalue weighted by atomic mass is 35.5. The minimum absolute atomic E-state index is 0.00917. The molecule has 3 nitrogen and oxygen atoms in total. The Morgan fingerprint density at radius 3 is 2.94 bits per heavy atom. The first-order valence-corrected chi connectivity index (χ1v) is 4.84. The number of hydrogen-bond acceptors (Lipinski definition) is 3. The third-order valence-corrected chi connectivity index (χ3v) is 2.45. The van der Waals surface area contributed by atoms with E-state index >= 15 is 0 Å². The maximum Gasteiger partial charge on any atom is 0.356 e. The van der Waals surface area contributed by atoms with Gasteiger partial charge in [-0.25, -0.2) is 14.2 Å². The topological polar surface area (TPSA) is 39.2 Å². The molecule has 0 bridgehead atoms. The van der Waals surface area contributed by atoms with Gasteiger partial charge in [0.25, 0.3) is 0 Å². The summed E-state index contributed by atoms with van der Waals surface area (Å²) in [6.07, 6.45) is 0. The molecular formula is C11H7ClFNO2. The van der Waals surface area contributed by atoms with Crippen LogP contribution in [0.15, 0.2) is 24.3 Å². The van der Waals surface area contributed by atoms with Crippen molar-refractivity contribution in [1.29, 1.82) is 0 Å². The fraction of sp³-hybridized carbons (Fsp3) is 0.0909.